The Morgan fingerprint density at radius 1 is 0.204 bits per heavy atom. The number of para-hydroxylation sites is 3. The monoisotopic (exact) mass is 2760 g/mol. The Kier molecular flexibility index (Phi) is 36.6. The average Bonchev–Trinajstić information content (AvgIpc) is 1.62. The van der Waals surface area contributed by atoms with Crippen molar-refractivity contribution in [1.29, 1.82) is 0 Å². The van der Waals surface area contributed by atoms with Crippen LogP contribution in [0.15, 0.2) is 427 Å². The molecule has 0 aliphatic heterocycles. The summed E-state index contributed by atoms with van der Waals surface area (Å²) >= 11 is 3.63. The minimum atomic E-state index is 0. The standard InChI is InChI=1S/C19H14NO.C18H12NO.C18H12NS.C17H10NO.C17H10NS.2C12H10N.C11H8N.5Ir/c1-12-9-10-20-17(11-12)16-8-4-7-15-14-6-3-5-13(2)18(14)21-19(15)16;1-12-9-10-16(19-11-12)15-7-4-6-14-13-5-2-3-8-17(13)20-18(14)15;1-12-8-9-19-16(10-12)13-6-7-18-15(11-13)14-4-2-3-5-17(14)20-18;1-2-10-16-12(6-1)13-7-5-8-14(17(13)19-16)15-9-3-4-11-18-15;1-2-7-16-13(5-1)14-11-12(8-9-17(14)19-16)15-6-3-4-10-18-15;2*1-10-7-8-12(13-9-10)11-5-3-2-4-6-11;1-2-6-10(7-3-1)11-8-4-5-9-12-11;;;;;/h3-7,9-11H,1-2H3;2-6,8-11H,1H3;2-5,7-11H,1H3;2*1-7,9-11H;2*2-5,7-9H,1H3;1-6,8-9H;;;;;/q8*-1;;;;;. The normalized spacial score (nSPS) is 10.5. The number of furan rings is 3. The van der Waals surface area contributed by atoms with Crippen molar-refractivity contribution in [3.05, 3.63) is 495 Å². The number of aromatic nitrogens is 8. The van der Waals surface area contributed by atoms with Crippen molar-refractivity contribution in [2.45, 2.75) is 41.5 Å². The van der Waals surface area contributed by atoms with E-state index in [2.05, 4.69) is 249 Å². The molecule has 0 amide bonds. The topological polar surface area (TPSA) is 143 Å². The molecule has 0 atom stereocenters. The van der Waals surface area contributed by atoms with E-state index in [1.165, 1.54) is 62.6 Å². The Morgan fingerprint density at radius 2 is 0.549 bits per heavy atom. The van der Waals surface area contributed by atoms with Gasteiger partial charge in [0, 0.05) is 176 Å². The zero-order valence-electron chi connectivity index (χ0n) is 77.5. The number of thiophene rings is 2. The Morgan fingerprint density at radius 3 is 0.979 bits per heavy atom. The second-order valence-electron chi connectivity index (χ2n) is 32.6. The van der Waals surface area contributed by atoms with Gasteiger partial charge in [-0.3, -0.25) is 0 Å². The number of rotatable bonds is 8. The molecule has 0 spiro atoms. The van der Waals surface area contributed by atoms with Gasteiger partial charge in [0.2, 0.25) is 0 Å². The van der Waals surface area contributed by atoms with E-state index < -0.39 is 0 Å². The third-order valence-corrected chi connectivity index (χ3v) is 25.1. The number of pyridine rings is 8. The molecule has 0 aliphatic rings. The van der Waals surface area contributed by atoms with E-state index >= 15 is 0 Å². The summed E-state index contributed by atoms with van der Waals surface area (Å²) in [6, 6.07) is 147. The molecule has 0 N–H and O–H groups in total. The Hall–Kier alpha value is -13.9. The number of nitrogens with zero attached hydrogens (tertiary/aromatic N) is 8. The van der Waals surface area contributed by atoms with Crippen molar-refractivity contribution in [2.24, 2.45) is 0 Å². The van der Waals surface area contributed by atoms with Gasteiger partial charge in [-0.2, -0.15) is 22.7 Å². The number of aryl methyl sites for hydroxylation is 6. The zero-order valence-corrected chi connectivity index (χ0v) is 91.2. The van der Waals surface area contributed by atoms with Crippen molar-refractivity contribution < 1.29 is 114 Å². The van der Waals surface area contributed by atoms with Crippen LogP contribution in [0.3, 0.4) is 0 Å². The van der Waals surface area contributed by atoms with Crippen LogP contribution in [-0.2, 0) is 101 Å². The largest absolute Gasteiger partial charge is 0.501 e. The van der Waals surface area contributed by atoms with Crippen molar-refractivity contribution >= 4 is 129 Å². The molecule has 11 nitrogen and oxygen atoms in total. The van der Waals surface area contributed by atoms with Gasteiger partial charge in [-0.15, -0.1) is 210 Å². The predicted molar refractivity (Wildman–Crippen MR) is 564 cm³/mol. The van der Waals surface area contributed by atoms with E-state index in [1.54, 1.807) is 12.4 Å². The smallest absolute Gasteiger partial charge is 0.123 e. The fraction of sp³-hybridized carbons (Fsp3) is 0.0484. The fourth-order valence-electron chi connectivity index (χ4n) is 15.9. The van der Waals surface area contributed by atoms with Gasteiger partial charge in [-0.05, 0) is 184 Å². The molecule has 0 saturated heterocycles. The minimum absolute atomic E-state index is 0. The van der Waals surface area contributed by atoms with Gasteiger partial charge in [-0.25, -0.2) is 0 Å². The van der Waals surface area contributed by atoms with Gasteiger partial charge in [0.15, 0.2) is 0 Å². The summed E-state index contributed by atoms with van der Waals surface area (Å²) in [4.78, 5) is 35.0. The van der Waals surface area contributed by atoms with Gasteiger partial charge in [0.1, 0.15) is 16.7 Å². The first kappa shape index (κ1) is 104. The third-order valence-electron chi connectivity index (χ3n) is 22.8. The maximum absolute atomic E-state index is 6.14. The zero-order chi connectivity index (χ0) is 93.2. The molecule has 0 aliphatic carbocycles. The van der Waals surface area contributed by atoms with E-state index in [0.29, 0.717) is 0 Å². The summed E-state index contributed by atoms with van der Waals surface area (Å²) in [5.41, 5.74) is 27.9. The van der Waals surface area contributed by atoms with Crippen molar-refractivity contribution in [1.82, 2.24) is 39.9 Å². The quantitative estimate of drug-likeness (QED) is 0.134. The molecule has 0 fully saturated rings. The van der Waals surface area contributed by atoms with Gasteiger partial charge >= 0.3 is 0 Å². The van der Waals surface area contributed by atoms with E-state index in [1.807, 2.05) is 305 Å². The van der Waals surface area contributed by atoms with Gasteiger partial charge in [-0.1, -0.05) is 231 Å². The first-order chi connectivity index (χ1) is 67.4. The molecule has 13 aromatic carbocycles. The molecule has 142 heavy (non-hydrogen) atoms. The molecule has 26 aromatic rings. The van der Waals surface area contributed by atoms with Crippen LogP contribution in [0.1, 0.15) is 33.4 Å². The van der Waals surface area contributed by atoms with Crippen LogP contribution < -0.4 is 0 Å². The van der Waals surface area contributed by atoms with E-state index in [4.69, 9.17) is 13.3 Å². The Balaban J connectivity index is 0.000000129. The second kappa shape index (κ2) is 50.0. The average molecular weight is 2760 g/mol. The van der Waals surface area contributed by atoms with Gasteiger partial charge in [0.05, 0.1) is 16.7 Å². The van der Waals surface area contributed by atoms with Crippen LogP contribution in [0, 0.1) is 90.1 Å². The first-order valence-corrected chi connectivity index (χ1v) is 46.5. The maximum atomic E-state index is 6.14. The Labute approximate surface area is 900 Å². The van der Waals surface area contributed by atoms with Crippen molar-refractivity contribution in [3.63, 3.8) is 0 Å². The predicted octanol–water partition coefficient (Wildman–Crippen LogP) is 32.7. The van der Waals surface area contributed by atoms with E-state index in [0.717, 1.165) is 167 Å². The summed E-state index contributed by atoms with van der Waals surface area (Å²) in [6.07, 6.45) is 14.7. The summed E-state index contributed by atoms with van der Waals surface area (Å²) in [6.45, 7) is 12.3. The maximum Gasteiger partial charge on any atom is 0.123 e. The van der Waals surface area contributed by atoms with Crippen LogP contribution >= 0.6 is 22.7 Å². The summed E-state index contributed by atoms with van der Waals surface area (Å²) in [5.74, 6) is 0. The second-order valence-corrected chi connectivity index (χ2v) is 34.7. The molecule has 13 aromatic heterocycles. The minimum Gasteiger partial charge on any atom is -0.501 e. The summed E-state index contributed by atoms with van der Waals surface area (Å²) in [7, 11) is 0. The third kappa shape index (κ3) is 24.8. The molecular formula is C124H86Ir5N8O3S2-8. The molecular weight excluding hydrogens is 2670 g/mol. The molecule has 705 valence electrons. The number of fused-ring (bicyclic) bond motifs is 15. The molecule has 0 saturated carbocycles. The number of benzene rings is 13. The molecule has 5 radical (unpaired) electrons. The van der Waals surface area contributed by atoms with E-state index in [9.17, 15) is 0 Å². The van der Waals surface area contributed by atoms with Crippen molar-refractivity contribution in [3.8, 4) is 90.1 Å². The SMILES string of the molecule is Cc1ccc(-c2[c-]ccc3c2oc2ccccc23)nc1.Cc1ccc(-c2[c-]cccc2)nc1.Cc1ccc(-c2[c-]cccc2)nc1.Cc1ccnc(-c2[c-]cc3sc4ccccc4c3c2)c1.Cc1ccnc(-c2[c-]ccc3c2oc2c(C)cccc23)c1.[Ir].[Ir].[Ir].[Ir].[Ir].[c-]1cc2sc3ccccc3c2cc1-c1ccccn1.[c-]1ccc2c(oc3ccccc32)c1-c1ccccn1.[c-]1ccccc1-c1ccccn1. The number of hydrogen-bond acceptors (Lipinski definition) is 13. The molecule has 13 heterocycles. The van der Waals surface area contributed by atoms with Crippen LogP contribution in [-0.4, -0.2) is 39.9 Å². The Bertz CT molecular complexity index is 8470. The van der Waals surface area contributed by atoms with Crippen LogP contribution in [0.4, 0.5) is 0 Å². The van der Waals surface area contributed by atoms with Crippen molar-refractivity contribution in [2.75, 3.05) is 0 Å². The summed E-state index contributed by atoms with van der Waals surface area (Å²) in [5, 5.41) is 11.9. The van der Waals surface area contributed by atoms with Gasteiger partial charge < -0.3 is 53.1 Å². The number of hydrogen-bond donors (Lipinski definition) is 0. The van der Waals surface area contributed by atoms with Crippen LogP contribution in [0.2, 0.25) is 0 Å². The fourth-order valence-corrected chi connectivity index (χ4v) is 18.1. The molecule has 0 unspecified atom stereocenters. The molecule has 18 heteroatoms. The van der Waals surface area contributed by atoms with Crippen LogP contribution in [0.25, 0.3) is 196 Å². The molecule has 0 bridgehead atoms. The van der Waals surface area contributed by atoms with E-state index in [-0.39, 0.29) is 101 Å². The van der Waals surface area contributed by atoms with Crippen LogP contribution in [0.5, 0.6) is 0 Å². The first-order valence-electron chi connectivity index (χ1n) is 44.8. The van der Waals surface area contributed by atoms with Gasteiger partial charge in [0.25, 0.3) is 0 Å². The summed E-state index contributed by atoms with van der Waals surface area (Å²) < 4.78 is 23.3. The molecule has 26 rings (SSSR count).